The molecule has 0 unspecified atom stereocenters. The zero-order valence-corrected chi connectivity index (χ0v) is 10.2. The predicted octanol–water partition coefficient (Wildman–Crippen LogP) is 3.12. The van der Waals surface area contributed by atoms with Crippen LogP contribution in [0.3, 0.4) is 0 Å². The van der Waals surface area contributed by atoms with Gasteiger partial charge in [-0.1, -0.05) is 35.9 Å². The second-order valence-electron chi connectivity index (χ2n) is 3.27. The summed E-state index contributed by atoms with van der Waals surface area (Å²) >= 11 is 5.96. The summed E-state index contributed by atoms with van der Waals surface area (Å²) in [7, 11) is 0. The number of aldehydes is 1. The van der Waals surface area contributed by atoms with Crippen LogP contribution >= 0.6 is 11.6 Å². The number of halogens is 1. The lowest BCUT2D eigenvalue weighted by molar-refractivity contribution is -0.142. The molecule has 0 aliphatic heterocycles. The van der Waals surface area contributed by atoms with Crippen molar-refractivity contribution in [3.05, 3.63) is 40.4 Å². The zero-order valence-electron chi connectivity index (χ0n) is 9.48. The van der Waals surface area contributed by atoms with E-state index in [0.29, 0.717) is 22.8 Å². The van der Waals surface area contributed by atoms with Crippen molar-refractivity contribution in [1.29, 1.82) is 0 Å². The highest BCUT2D eigenvalue weighted by molar-refractivity contribution is 6.32. The fraction of sp³-hybridized carbons (Fsp3) is 0.231. The number of hydrogen-bond acceptors (Lipinski definition) is 3. The average molecular weight is 253 g/mol. The van der Waals surface area contributed by atoms with Crippen molar-refractivity contribution in [2.45, 2.75) is 13.3 Å². The largest absolute Gasteiger partial charge is 0.466 e. The Morgan fingerprint density at radius 3 is 2.88 bits per heavy atom. The number of carbonyl (C=O) groups is 2. The highest BCUT2D eigenvalue weighted by Crippen LogP contribution is 2.20. The Hall–Kier alpha value is -1.61. The number of ether oxygens (including phenoxy) is 1. The summed E-state index contributed by atoms with van der Waals surface area (Å²) in [5, 5.41) is 0.481. The Labute approximate surface area is 105 Å². The third-order valence-electron chi connectivity index (χ3n) is 2.09. The highest BCUT2D eigenvalue weighted by Gasteiger charge is 2.03. The summed E-state index contributed by atoms with van der Waals surface area (Å²) in [4.78, 5) is 21.9. The van der Waals surface area contributed by atoms with Gasteiger partial charge in [0.1, 0.15) is 0 Å². The Kier molecular flexibility index (Phi) is 5.43. The first kappa shape index (κ1) is 13.5. The van der Waals surface area contributed by atoms with E-state index < -0.39 is 0 Å². The lowest BCUT2D eigenvalue weighted by Crippen LogP contribution is -2.01. The molecule has 0 bridgehead atoms. The maximum absolute atomic E-state index is 11.1. The van der Waals surface area contributed by atoms with Crippen LogP contribution in [-0.2, 0) is 9.53 Å². The van der Waals surface area contributed by atoms with Crippen LogP contribution < -0.4 is 0 Å². The van der Waals surface area contributed by atoms with E-state index >= 15 is 0 Å². The first-order chi connectivity index (χ1) is 8.19. The van der Waals surface area contributed by atoms with Gasteiger partial charge in [0.05, 0.1) is 13.0 Å². The number of rotatable bonds is 5. The van der Waals surface area contributed by atoms with E-state index in [1.165, 1.54) is 0 Å². The van der Waals surface area contributed by atoms with Gasteiger partial charge >= 0.3 is 5.97 Å². The molecule has 3 nitrogen and oxygen atoms in total. The molecule has 0 radical (unpaired) electrons. The van der Waals surface area contributed by atoms with E-state index in [4.69, 9.17) is 16.3 Å². The van der Waals surface area contributed by atoms with Gasteiger partial charge in [-0.05, 0) is 13.0 Å². The standard InChI is InChI=1S/C13H13ClO3/c1-2-17-13(16)8-4-6-11-10(9-15)5-3-7-12(11)14/h3-7,9H,2,8H2,1H3. The van der Waals surface area contributed by atoms with Gasteiger partial charge in [-0.2, -0.15) is 0 Å². The Morgan fingerprint density at radius 2 is 2.24 bits per heavy atom. The monoisotopic (exact) mass is 252 g/mol. The molecule has 4 heteroatoms. The van der Waals surface area contributed by atoms with E-state index in [0.717, 1.165) is 6.29 Å². The molecule has 0 saturated carbocycles. The molecule has 0 spiro atoms. The number of benzene rings is 1. The molecule has 1 aromatic carbocycles. The van der Waals surface area contributed by atoms with Crippen LogP contribution in [0.1, 0.15) is 29.3 Å². The van der Waals surface area contributed by atoms with Crippen molar-refractivity contribution in [2.75, 3.05) is 6.61 Å². The van der Waals surface area contributed by atoms with Crippen molar-refractivity contribution >= 4 is 29.9 Å². The summed E-state index contributed by atoms with van der Waals surface area (Å²) in [5.41, 5.74) is 1.12. The molecule has 0 atom stereocenters. The Bertz CT molecular complexity index is 438. The lowest BCUT2D eigenvalue weighted by atomic mass is 10.1. The van der Waals surface area contributed by atoms with Gasteiger partial charge in [0.2, 0.25) is 0 Å². The molecule has 0 amide bonds. The van der Waals surface area contributed by atoms with Gasteiger partial charge in [0.25, 0.3) is 0 Å². The number of esters is 1. The van der Waals surface area contributed by atoms with Gasteiger partial charge in [-0.25, -0.2) is 0 Å². The van der Waals surface area contributed by atoms with Gasteiger partial charge in [0.15, 0.2) is 6.29 Å². The first-order valence-corrected chi connectivity index (χ1v) is 5.62. The minimum Gasteiger partial charge on any atom is -0.466 e. The van der Waals surface area contributed by atoms with Crippen LogP contribution in [-0.4, -0.2) is 18.9 Å². The van der Waals surface area contributed by atoms with Crippen LogP contribution in [0.25, 0.3) is 6.08 Å². The molecule has 0 heterocycles. The molecule has 90 valence electrons. The Balaban J connectivity index is 2.77. The fourth-order valence-electron chi connectivity index (χ4n) is 1.33. The normalized spacial score (nSPS) is 10.5. The minimum atomic E-state index is -0.302. The molecule has 0 N–H and O–H groups in total. The van der Waals surface area contributed by atoms with Crippen LogP contribution in [0.15, 0.2) is 24.3 Å². The highest BCUT2D eigenvalue weighted by atomic mass is 35.5. The average Bonchev–Trinajstić information content (AvgIpc) is 2.31. The maximum Gasteiger partial charge on any atom is 0.309 e. The van der Waals surface area contributed by atoms with Crippen LogP contribution in [0.5, 0.6) is 0 Å². The second kappa shape index (κ2) is 6.86. The topological polar surface area (TPSA) is 43.4 Å². The first-order valence-electron chi connectivity index (χ1n) is 5.25. The zero-order chi connectivity index (χ0) is 12.7. The molecule has 0 fully saturated rings. The molecule has 0 aromatic heterocycles. The predicted molar refractivity (Wildman–Crippen MR) is 67.1 cm³/mol. The van der Waals surface area contributed by atoms with E-state index in [9.17, 15) is 9.59 Å². The third kappa shape index (κ3) is 4.04. The molecular formula is C13H13ClO3. The fourth-order valence-corrected chi connectivity index (χ4v) is 1.57. The van der Waals surface area contributed by atoms with Crippen molar-refractivity contribution < 1.29 is 14.3 Å². The lowest BCUT2D eigenvalue weighted by Gasteiger charge is -2.01. The summed E-state index contributed by atoms with van der Waals surface area (Å²) in [5.74, 6) is -0.302. The second-order valence-corrected chi connectivity index (χ2v) is 3.68. The quantitative estimate of drug-likeness (QED) is 0.597. The maximum atomic E-state index is 11.1. The van der Waals surface area contributed by atoms with Crippen molar-refractivity contribution in [1.82, 2.24) is 0 Å². The van der Waals surface area contributed by atoms with Gasteiger partial charge in [-0.3, -0.25) is 9.59 Å². The molecule has 1 aromatic rings. The smallest absolute Gasteiger partial charge is 0.309 e. The summed E-state index contributed by atoms with van der Waals surface area (Å²) in [6.45, 7) is 2.11. The van der Waals surface area contributed by atoms with Crippen LogP contribution in [0.2, 0.25) is 5.02 Å². The molecular weight excluding hydrogens is 240 g/mol. The van der Waals surface area contributed by atoms with Gasteiger partial charge in [0, 0.05) is 16.1 Å². The van der Waals surface area contributed by atoms with Crippen molar-refractivity contribution in [2.24, 2.45) is 0 Å². The van der Waals surface area contributed by atoms with Crippen LogP contribution in [0.4, 0.5) is 0 Å². The SMILES string of the molecule is CCOC(=O)CC=Cc1c(Cl)cccc1C=O. The van der Waals surface area contributed by atoms with Crippen molar-refractivity contribution in [3.8, 4) is 0 Å². The van der Waals surface area contributed by atoms with Gasteiger partial charge < -0.3 is 4.74 Å². The van der Waals surface area contributed by atoms with Crippen LogP contribution in [0, 0.1) is 0 Å². The third-order valence-corrected chi connectivity index (χ3v) is 2.42. The van der Waals surface area contributed by atoms with Crippen molar-refractivity contribution in [3.63, 3.8) is 0 Å². The summed E-state index contributed by atoms with van der Waals surface area (Å²) in [6, 6.07) is 5.07. The van der Waals surface area contributed by atoms with E-state index in [1.54, 1.807) is 37.3 Å². The molecule has 1 rings (SSSR count). The summed E-state index contributed by atoms with van der Waals surface area (Å²) < 4.78 is 4.77. The number of carbonyl (C=O) groups excluding carboxylic acids is 2. The molecule has 0 saturated heterocycles. The van der Waals surface area contributed by atoms with E-state index in [-0.39, 0.29) is 12.4 Å². The van der Waals surface area contributed by atoms with E-state index in [2.05, 4.69) is 0 Å². The molecule has 0 aliphatic rings. The number of hydrogen-bond donors (Lipinski definition) is 0. The van der Waals surface area contributed by atoms with E-state index in [1.807, 2.05) is 0 Å². The Morgan fingerprint density at radius 1 is 1.47 bits per heavy atom. The van der Waals surface area contributed by atoms with Gasteiger partial charge in [-0.15, -0.1) is 0 Å². The summed E-state index contributed by atoms with van der Waals surface area (Å²) in [6.07, 6.45) is 4.18. The molecule has 0 aliphatic carbocycles. The minimum absolute atomic E-state index is 0.164. The molecule has 17 heavy (non-hydrogen) atoms.